The minimum Gasteiger partial charge on any atom is -0.370 e. The van der Waals surface area contributed by atoms with Crippen molar-refractivity contribution in [2.75, 3.05) is 6.61 Å². The summed E-state index contributed by atoms with van der Waals surface area (Å²) in [4.78, 5) is 16.7. The number of carbonyl (C=O) groups is 1. The molecule has 3 heteroatoms. The third-order valence-corrected chi connectivity index (χ3v) is 3.16. The van der Waals surface area contributed by atoms with Crippen LogP contribution in [0.15, 0.2) is 36.7 Å². The number of aromatic nitrogens is 1. The summed E-state index contributed by atoms with van der Waals surface area (Å²) in [5.74, 6) is 0.0699. The summed E-state index contributed by atoms with van der Waals surface area (Å²) in [5, 5.41) is 1.93. The average Bonchev–Trinajstić information content (AvgIpc) is 2.46. The number of hydrogen-bond donors (Lipinski definition) is 0. The average molecular weight is 257 g/mol. The van der Waals surface area contributed by atoms with Gasteiger partial charge >= 0.3 is 0 Å². The van der Waals surface area contributed by atoms with E-state index in [0.29, 0.717) is 6.61 Å². The molecule has 1 heterocycles. The molecule has 2 rings (SSSR count). The molecule has 19 heavy (non-hydrogen) atoms. The quantitative estimate of drug-likeness (QED) is 0.742. The molecule has 1 aromatic carbocycles. The van der Waals surface area contributed by atoms with Crippen LogP contribution in [0, 0.1) is 0 Å². The zero-order chi connectivity index (χ0) is 13.7. The molecule has 0 radical (unpaired) electrons. The SMILES string of the molecule is CCCC(OCC)C(=O)c1cccc2cnccc12. The fraction of sp³-hybridized carbons (Fsp3) is 0.375. The number of hydrogen-bond acceptors (Lipinski definition) is 3. The first-order valence-corrected chi connectivity index (χ1v) is 6.76. The fourth-order valence-electron chi connectivity index (χ4n) is 2.26. The Morgan fingerprint density at radius 1 is 1.32 bits per heavy atom. The van der Waals surface area contributed by atoms with E-state index in [1.807, 2.05) is 31.2 Å². The Balaban J connectivity index is 2.39. The van der Waals surface area contributed by atoms with Gasteiger partial charge in [-0.2, -0.15) is 0 Å². The lowest BCUT2D eigenvalue weighted by molar-refractivity contribution is 0.0425. The van der Waals surface area contributed by atoms with Crippen molar-refractivity contribution in [3.63, 3.8) is 0 Å². The second kappa shape index (κ2) is 6.43. The Kier molecular flexibility index (Phi) is 4.63. The minimum atomic E-state index is -0.339. The summed E-state index contributed by atoms with van der Waals surface area (Å²) in [5.41, 5.74) is 0.729. The first-order valence-electron chi connectivity index (χ1n) is 6.76. The molecule has 0 aliphatic rings. The zero-order valence-corrected chi connectivity index (χ0v) is 11.4. The van der Waals surface area contributed by atoms with E-state index < -0.39 is 0 Å². The number of nitrogens with zero attached hydrogens (tertiary/aromatic N) is 1. The number of Topliss-reactive ketones (excluding diaryl/α,β-unsaturated/α-hetero) is 1. The molecule has 0 bridgehead atoms. The maximum Gasteiger partial charge on any atom is 0.192 e. The molecule has 0 saturated heterocycles. The Labute approximate surface area is 113 Å². The standard InChI is InChI=1S/C16H19NO2/c1-3-6-15(19-4-2)16(18)14-8-5-7-12-11-17-10-9-13(12)14/h5,7-11,15H,3-4,6H2,1-2H3. The van der Waals surface area contributed by atoms with Crippen molar-refractivity contribution >= 4 is 16.6 Å². The molecule has 1 unspecified atom stereocenters. The van der Waals surface area contributed by atoms with Gasteiger partial charge in [0.15, 0.2) is 5.78 Å². The molecule has 0 saturated carbocycles. The van der Waals surface area contributed by atoms with Gasteiger partial charge in [0, 0.05) is 30.0 Å². The van der Waals surface area contributed by atoms with Gasteiger partial charge in [0.1, 0.15) is 6.10 Å². The Morgan fingerprint density at radius 3 is 2.89 bits per heavy atom. The van der Waals surface area contributed by atoms with Gasteiger partial charge in [0.05, 0.1) is 0 Å². The summed E-state index contributed by atoms with van der Waals surface area (Å²) in [6.45, 7) is 4.54. The van der Waals surface area contributed by atoms with Crippen LogP contribution in [0.5, 0.6) is 0 Å². The van der Waals surface area contributed by atoms with E-state index >= 15 is 0 Å². The number of ketones is 1. The van der Waals surface area contributed by atoms with Crippen LogP contribution in [0.1, 0.15) is 37.0 Å². The van der Waals surface area contributed by atoms with Crippen molar-refractivity contribution in [1.29, 1.82) is 0 Å². The van der Waals surface area contributed by atoms with Gasteiger partial charge in [-0.05, 0) is 24.8 Å². The summed E-state index contributed by atoms with van der Waals surface area (Å²) >= 11 is 0. The monoisotopic (exact) mass is 257 g/mol. The number of rotatable bonds is 6. The molecule has 0 aliphatic carbocycles. The molecule has 1 aromatic heterocycles. The minimum absolute atomic E-state index is 0.0699. The predicted molar refractivity (Wildman–Crippen MR) is 76.4 cm³/mol. The summed E-state index contributed by atoms with van der Waals surface area (Å²) in [6.07, 6.45) is 4.85. The van der Waals surface area contributed by atoms with Gasteiger partial charge in [0.2, 0.25) is 0 Å². The highest BCUT2D eigenvalue weighted by Gasteiger charge is 2.21. The highest BCUT2D eigenvalue weighted by molar-refractivity contribution is 6.09. The van der Waals surface area contributed by atoms with Crippen molar-refractivity contribution in [3.8, 4) is 0 Å². The number of ether oxygens (including phenoxy) is 1. The zero-order valence-electron chi connectivity index (χ0n) is 11.4. The smallest absolute Gasteiger partial charge is 0.192 e. The first kappa shape index (κ1) is 13.7. The van der Waals surface area contributed by atoms with E-state index in [0.717, 1.165) is 29.2 Å². The van der Waals surface area contributed by atoms with Gasteiger partial charge in [-0.1, -0.05) is 31.5 Å². The van der Waals surface area contributed by atoms with Crippen LogP contribution in [-0.4, -0.2) is 23.5 Å². The molecule has 100 valence electrons. The number of carbonyl (C=O) groups excluding carboxylic acids is 1. The van der Waals surface area contributed by atoms with Crippen LogP contribution in [0.2, 0.25) is 0 Å². The van der Waals surface area contributed by atoms with Crippen LogP contribution in [-0.2, 0) is 4.74 Å². The van der Waals surface area contributed by atoms with Gasteiger partial charge in [-0.25, -0.2) is 0 Å². The maximum atomic E-state index is 12.6. The van der Waals surface area contributed by atoms with Crippen LogP contribution < -0.4 is 0 Å². The van der Waals surface area contributed by atoms with Crippen LogP contribution in [0.25, 0.3) is 10.8 Å². The number of benzene rings is 1. The van der Waals surface area contributed by atoms with Crippen molar-refractivity contribution < 1.29 is 9.53 Å². The van der Waals surface area contributed by atoms with E-state index in [1.165, 1.54) is 0 Å². The Bertz CT molecular complexity index is 554. The van der Waals surface area contributed by atoms with Crippen molar-refractivity contribution in [2.45, 2.75) is 32.8 Å². The molecule has 0 amide bonds. The molecule has 1 atom stereocenters. The molecule has 0 fully saturated rings. The van der Waals surface area contributed by atoms with E-state index in [-0.39, 0.29) is 11.9 Å². The Morgan fingerprint density at radius 2 is 2.16 bits per heavy atom. The van der Waals surface area contributed by atoms with Crippen molar-refractivity contribution in [3.05, 3.63) is 42.2 Å². The summed E-state index contributed by atoms with van der Waals surface area (Å²) in [7, 11) is 0. The number of pyridine rings is 1. The van der Waals surface area contributed by atoms with E-state index in [9.17, 15) is 4.79 Å². The fourth-order valence-corrected chi connectivity index (χ4v) is 2.26. The van der Waals surface area contributed by atoms with Gasteiger partial charge in [-0.3, -0.25) is 9.78 Å². The summed E-state index contributed by atoms with van der Waals surface area (Å²) < 4.78 is 5.58. The van der Waals surface area contributed by atoms with Crippen LogP contribution in [0.3, 0.4) is 0 Å². The largest absolute Gasteiger partial charge is 0.370 e. The van der Waals surface area contributed by atoms with E-state index in [2.05, 4.69) is 11.9 Å². The topological polar surface area (TPSA) is 39.2 Å². The lowest BCUT2D eigenvalue weighted by Gasteiger charge is -2.16. The highest BCUT2D eigenvalue weighted by atomic mass is 16.5. The molecule has 0 aliphatic heterocycles. The second-order valence-corrected chi connectivity index (χ2v) is 4.50. The summed E-state index contributed by atoms with van der Waals surface area (Å²) in [6, 6.07) is 7.62. The first-order chi connectivity index (χ1) is 9.27. The third kappa shape index (κ3) is 2.99. The molecule has 3 nitrogen and oxygen atoms in total. The molecule has 0 N–H and O–H groups in total. The van der Waals surface area contributed by atoms with Gasteiger partial charge in [-0.15, -0.1) is 0 Å². The molecule has 0 spiro atoms. The van der Waals surface area contributed by atoms with Crippen LogP contribution in [0.4, 0.5) is 0 Å². The van der Waals surface area contributed by atoms with Crippen molar-refractivity contribution in [2.24, 2.45) is 0 Å². The second-order valence-electron chi connectivity index (χ2n) is 4.50. The van der Waals surface area contributed by atoms with Gasteiger partial charge in [0.25, 0.3) is 0 Å². The van der Waals surface area contributed by atoms with Crippen molar-refractivity contribution in [1.82, 2.24) is 4.98 Å². The Hall–Kier alpha value is -1.74. The highest BCUT2D eigenvalue weighted by Crippen LogP contribution is 2.21. The van der Waals surface area contributed by atoms with Crippen LogP contribution >= 0.6 is 0 Å². The molecule has 2 aromatic rings. The lowest BCUT2D eigenvalue weighted by Crippen LogP contribution is -2.24. The van der Waals surface area contributed by atoms with E-state index in [4.69, 9.17) is 4.74 Å². The van der Waals surface area contributed by atoms with Gasteiger partial charge < -0.3 is 4.74 Å². The van der Waals surface area contributed by atoms with E-state index in [1.54, 1.807) is 12.4 Å². The normalized spacial score (nSPS) is 12.5. The molecular formula is C16H19NO2. The predicted octanol–water partition coefficient (Wildman–Crippen LogP) is 3.62. The maximum absolute atomic E-state index is 12.6. The molecular weight excluding hydrogens is 238 g/mol. The number of fused-ring (bicyclic) bond motifs is 1. The third-order valence-electron chi connectivity index (χ3n) is 3.16. The lowest BCUT2D eigenvalue weighted by atomic mass is 9.98.